The van der Waals surface area contributed by atoms with E-state index in [4.69, 9.17) is 18.9 Å². The molecule has 0 saturated heterocycles. The van der Waals surface area contributed by atoms with Crippen molar-refractivity contribution < 1.29 is 23.7 Å². The van der Waals surface area contributed by atoms with Crippen molar-refractivity contribution in [1.29, 1.82) is 0 Å². The van der Waals surface area contributed by atoms with Crippen molar-refractivity contribution in [3.8, 4) is 17.2 Å². The van der Waals surface area contributed by atoms with Gasteiger partial charge in [0.25, 0.3) is 0 Å². The average molecular weight is 307 g/mol. The topological polar surface area (TPSA) is 66.4 Å². The zero-order chi connectivity index (χ0) is 16.3. The van der Waals surface area contributed by atoms with Crippen molar-refractivity contribution in [1.82, 2.24) is 0 Å². The fourth-order valence-corrected chi connectivity index (χ4v) is 2.79. The number of hydrogen-bond acceptors (Lipinski definition) is 6. The Labute approximate surface area is 130 Å². The molecule has 0 radical (unpaired) electrons. The maximum Gasteiger partial charge on any atom is 0.357 e. The highest BCUT2D eigenvalue weighted by Crippen LogP contribution is 2.45. The van der Waals surface area contributed by atoms with Crippen molar-refractivity contribution in [3.63, 3.8) is 0 Å². The second-order valence-corrected chi connectivity index (χ2v) is 4.78. The van der Waals surface area contributed by atoms with Crippen molar-refractivity contribution in [2.75, 3.05) is 34.5 Å². The van der Waals surface area contributed by atoms with Gasteiger partial charge < -0.3 is 18.9 Å². The monoisotopic (exact) mass is 307 g/mol. The van der Waals surface area contributed by atoms with Gasteiger partial charge in [-0.05, 0) is 20.3 Å². The number of carbonyl (C=O) groups excluding carboxylic acids is 1. The predicted molar refractivity (Wildman–Crippen MR) is 82.6 cm³/mol. The number of hydrogen-bond donors (Lipinski definition) is 0. The number of nitrogens with zero attached hydrogens (tertiary/aromatic N) is 1. The van der Waals surface area contributed by atoms with Gasteiger partial charge in [0, 0.05) is 17.7 Å². The lowest BCUT2D eigenvalue weighted by atomic mass is 9.92. The molecule has 0 saturated carbocycles. The van der Waals surface area contributed by atoms with Gasteiger partial charge in [-0.1, -0.05) is 0 Å². The van der Waals surface area contributed by atoms with Crippen LogP contribution in [-0.4, -0.2) is 46.2 Å². The Morgan fingerprint density at radius 1 is 1.09 bits per heavy atom. The van der Waals surface area contributed by atoms with E-state index in [1.54, 1.807) is 28.3 Å². The molecule has 0 unspecified atom stereocenters. The summed E-state index contributed by atoms with van der Waals surface area (Å²) in [5.41, 5.74) is 2.60. The molecule has 22 heavy (non-hydrogen) atoms. The first-order chi connectivity index (χ1) is 10.6. The molecule has 0 N–H and O–H groups in total. The van der Waals surface area contributed by atoms with Crippen LogP contribution in [0, 0.1) is 6.92 Å². The first-order valence-corrected chi connectivity index (χ1v) is 7.13. The van der Waals surface area contributed by atoms with E-state index in [9.17, 15) is 4.79 Å². The Morgan fingerprint density at radius 2 is 1.73 bits per heavy atom. The summed E-state index contributed by atoms with van der Waals surface area (Å²) in [7, 11) is 4.70. The Kier molecular flexibility index (Phi) is 4.90. The highest BCUT2D eigenvalue weighted by atomic mass is 16.5. The highest BCUT2D eigenvalue weighted by Gasteiger charge is 2.32. The van der Waals surface area contributed by atoms with Crippen molar-refractivity contribution in [2.45, 2.75) is 20.3 Å². The Balaban J connectivity index is 2.75. The van der Waals surface area contributed by atoms with E-state index in [0.717, 1.165) is 11.1 Å². The Bertz CT molecular complexity index is 622. The molecule has 2 rings (SSSR count). The average Bonchev–Trinajstić information content (AvgIpc) is 2.53. The van der Waals surface area contributed by atoms with Gasteiger partial charge in [0.05, 0.1) is 33.5 Å². The minimum absolute atomic E-state index is 0.261. The molecule has 1 heterocycles. The zero-order valence-electron chi connectivity index (χ0n) is 13.6. The molecule has 0 atom stereocenters. The van der Waals surface area contributed by atoms with Crippen LogP contribution in [0.2, 0.25) is 0 Å². The van der Waals surface area contributed by atoms with E-state index < -0.39 is 5.97 Å². The minimum Gasteiger partial charge on any atom is -0.496 e. The SMILES string of the molecule is CCOC(=O)C1=NCCc2c(OC)c(C)c(OC)c(OC)c21. The lowest BCUT2D eigenvalue weighted by molar-refractivity contribution is -0.135. The molecule has 0 aromatic heterocycles. The molecular formula is C16H21NO5. The van der Waals surface area contributed by atoms with Crippen LogP contribution in [0.5, 0.6) is 17.2 Å². The van der Waals surface area contributed by atoms with Crippen LogP contribution in [-0.2, 0) is 16.0 Å². The van der Waals surface area contributed by atoms with Crippen LogP contribution in [0.3, 0.4) is 0 Å². The first kappa shape index (κ1) is 16.1. The van der Waals surface area contributed by atoms with Gasteiger partial charge in [-0.2, -0.15) is 0 Å². The number of esters is 1. The third kappa shape index (κ3) is 2.49. The van der Waals surface area contributed by atoms with Gasteiger partial charge in [-0.3, -0.25) is 4.99 Å². The summed E-state index contributed by atoms with van der Waals surface area (Å²) in [5.74, 6) is 1.26. The second-order valence-electron chi connectivity index (χ2n) is 4.78. The molecule has 0 aliphatic carbocycles. The summed E-state index contributed by atoms with van der Waals surface area (Å²) in [4.78, 5) is 16.6. The highest BCUT2D eigenvalue weighted by molar-refractivity contribution is 6.44. The quantitative estimate of drug-likeness (QED) is 0.778. The standard InChI is InChI=1S/C16H21NO5/c1-6-22-16(18)12-11-10(7-8-17-12)13(19-3)9(2)14(20-4)15(11)21-5/h6-8H2,1-5H3. The summed E-state index contributed by atoms with van der Waals surface area (Å²) in [6.45, 7) is 4.45. The van der Waals surface area contributed by atoms with Gasteiger partial charge in [0.2, 0.25) is 0 Å². The van der Waals surface area contributed by atoms with Crippen molar-refractivity contribution in [2.24, 2.45) is 4.99 Å². The van der Waals surface area contributed by atoms with E-state index in [0.29, 0.717) is 35.8 Å². The maximum atomic E-state index is 12.2. The van der Waals surface area contributed by atoms with Crippen molar-refractivity contribution in [3.05, 3.63) is 16.7 Å². The first-order valence-electron chi connectivity index (χ1n) is 7.13. The van der Waals surface area contributed by atoms with Gasteiger partial charge in [-0.25, -0.2) is 4.79 Å². The summed E-state index contributed by atoms with van der Waals surface area (Å²) >= 11 is 0. The Morgan fingerprint density at radius 3 is 2.27 bits per heavy atom. The molecule has 1 aliphatic rings. The molecule has 1 aromatic rings. The van der Waals surface area contributed by atoms with E-state index in [1.165, 1.54) is 0 Å². The Hall–Kier alpha value is -2.24. The smallest absolute Gasteiger partial charge is 0.357 e. The van der Waals surface area contributed by atoms with E-state index in [-0.39, 0.29) is 12.3 Å². The van der Waals surface area contributed by atoms with Crippen molar-refractivity contribution >= 4 is 11.7 Å². The van der Waals surface area contributed by atoms with E-state index in [2.05, 4.69) is 4.99 Å². The molecule has 0 fully saturated rings. The lowest BCUT2D eigenvalue weighted by Crippen LogP contribution is -2.25. The third-order valence-electron chi connectivity index (χ3n) is 3.64. The number of fused-ring (bicyclic) bond motifs is 1. The van der Waals surface area contributed by atoms with Crippen LogP contribution in [0.1, 0.15) is 23.6 Å². The minimum atomic E-state index is -0.463. The third-order valence-corrected chi connectivity index (χ3v) is 3.64. The van der Waals surface area contributed by atoms with Crippen LogP contribution in [0.25, 0.3) is 0 Å². The summed E-state index contributed by atoms with van der Waals surface area (Å²) in [6, 6.07) is 0. The number of benzene rings is 1. The molecule has 120 valence electrons. The van der Waals surface area contributed by atoms with E-state index in [1.807, 2.05) is 6.92 Å². The molecule has 1 aliphatic heterocycles. The maximum absolute atomic E-state index is 12.2. The molecular weight excluding hydrogens is 286 g/mol. The largest absolute Gasteiger partial charge is 0.496 e. The van der Waals surface area contributed by atoms with Gasteiger partial charge in [-0.15, -0.1) is 0 Å². The number of carbonyl (C=O) groups is 1. The van der Waals surface area contributed by atoms with Gasteiger partial charge >= 0.3 is 5.97 Å². The predicted octanol–water partition coefficient (Wildman–Crippen LogP) is 1.93. The van der Waals surface area contributed by atoms with Crippen LogP contribution in [0.15, 0.2) is 4.99 Å². The van der Waals surface area contributed by atoms with Crippen LogP contribution in [0.4, 0.5) is 0 Å². The molecule has 0 spiro atoms. The molecule has 0 bridgehead atoms. The fraction of sp³-hybridized carbons (Fsp3) is 0.500. The number of methoxy groups -OCH3 is 3. The second kappa shape index (κ2) is 6.68. The normalized spacial score (nSPS) is 13.0. The summed E-state index contributed by atoms with van der Waals surface area (Å²) in [6.07, 6.45) is 0.669. The van der Waals surface area contributed by atoms with E-state index >= 15 is 0 Å². The fourth-order valence-electron chi connectivity index (χ4n) is 2.79. The van der Waals surface area contributed by atoms with Crippen LogP contribution < -0.4 is 14.2 Å². The van der Waals surface area contributed by atoms with Gasteiger partial charge in [0.15, 0.2) is 17.2 Å². The van der Waals surface area contributed by atoms with Gasteiger partial charge in [0.1, 0.15) is 5.75 Å². The number of aliphatic imine (C=N–C) groups is 1. The number of ether oxygens (including phenoxy) is 4. The lowest BCUT2D eigenvalue weighted by Gasteiger charge is -2.25. The molecule has 6 nitrogen and oxygen atoms in total. The summed E-state index contributed by atoms with van der Waals surface area (Å²) in [5, 5.41) is 0. The molecule has 6 heteroatoms. The number of rotatable bonds is 5. The summed E-state index contributed by atoms with van der Waals surface area (Å²) < 4.78 is 21.6. The molecule has 0 amide bonds. The zero-order valence-corrected chi connectivity index (χ0v) is 13.6. The van der Waals surface area contributed by atoms with Crippen LogP contribution >= 0.6 is 0 Å². The molecule has 1 aromatic carbocycles.